The Hall–Kier alpha value is -4.28. The van der Waals surface area contributed by atoms with Crippen LogP contribution in [0.5, 0.6) is 5.75 Å². The largest absolute Gasteiger partial charge is 0.508 e. The number of fused-ring (bicyclic) bond motifs is 2. The molecular weight excluding hydrogens is 476 g/mol. The van der Waals surface area contributed by atoms with Crippen molar-refractivity contribution in [3.05, 3.63) is 93.4 Å². The van der Waals surface area contributed by atoms with Crippen LogP contribution in [0.1, 0.15) is 46.4 Å². The van der Waals surface area contributed by atoms with Crippen molar-refractivity contribution < 1.29 is 33.0 Å². The molecule has 11 heteroatoms. The lowest BCUT2D eigenvalue weighted by molar-refractivity contribution is 0.0228. The average molecular weight is 497 g/mol. The first kappa shape index (κ1) is 23.5. The highest BCUT2D eigenvalue weighted by molar-refractivity contribution is 5.96. The van der Waals surface area contributed by atoms with Crippen LogP contribution in [0.3, 0.4) is 0 Å². The van der Waals surface area contributed by atoms with Gasteiger partial charge in [-0.15, -0.1) is 0 Å². The fraction of sp³-hybridized carbons (Fsp3) is 0.280. The van der Waals surface area contributed by atoms with Gasteiger partial charge in [-0.2, -0.15) is 5.10 Å². The van der Waals surface area contributed by atoms with Crippen LogP contribution in [-0.4, -0.2) is 51.2 Å². The van der Waals surface area contributed by atoms with Gasteiger partial charge >= 0.3 is 6.16 Å². The molecule has 0 aliphatic carbocycles. The lowest BCUT2D eigenvalue weighted by Crippen LogP contribution is -2.51. The van der Waals surface area contributed by atoms with Crippen molar-refractivity contribution in [3.8, 4) is 5.75 Å². The predicted molar refractivity (Wildman–Crippen MR) is 121 cm³/mol. The van der Waals surface area contributed by atoms with Crippen molar-refractivity contribution >= 4 is 12.1 Å². The van der Waals surface area contributed by atoms with Gasteiger partial charge in [-0.05, 0) is 24.5 Å². The number of carbonyl (C=O) groups excluding carboxylic acids is 1. The Morgan fingerprint density at radius 2 is 1.92 bits per heavy atom. The number of aromatic nitrogens is 2. The van der Waals surface area contributed by atoms with Gasteiger partial charge in [0.25, 0.3) is 5.91 Å². The lowest BCUT2D eigenvalue weighted by atomic mass is 9.79. The van der Waals surface area contributed by atoms with E-state index in [9.17, 15) is 18.8 Å². The van der Waals surface area contributed by atoms with Crippen molar-refractivity contribution in [2.75, 3.05) is 13.3 Å². The zero-order chi connectivity index (χ0) is 25.4. The monoisotopic (exact) mass is 497 g/mol. The first-order valence-corrected chi connectivity index (χ1v) is 11.3. The zero-order valence-corrected chi connectivity index (χ0v) is 18.8. The summed E-state index contributed by atoms with van der Waals surface area (Å²) in [4.78, 5) is 38.5. The molecule has 2 aliphatic rings. The predicted octanol–water partition coefficient (Wildman–Crippen LogP) is 3.54. The summed E-state index contributed by atoms with van der Waals surface area (Å²) < 4.78 is 40.6. The molecule has 1 unspecified atom stereocenters. The smallest absolute Gasteiger partial charge is 0.451 e. The topological polar surface area (TPSA) is 111 Å². The van der Waals surface area contributed by atoms with Gasteiger partial charge < -0.3 is 19.5 Å². The molecule has 0 bridgehead atoms. The number of hydrogen-bond acceptors (Lipinski definition) is 6. The Morgan fingerprint density at radius 1 is 1.14 bits per heavy atom. The maximum atomic E-state index is 15.2. The molecule has 0 radical (unpaired) electrons. The Balaban J connectivity index is 1.73. The van der Waals surface area contributed by atoms with Gasteiger partial charge in [-0.1, -0.05) is 42.5 Å². The summed E-state index contributed by atoms with van der Waals surface area (Å²) in [6, 6.07) is 11.7. The number of benzene rings is 2. The van der Waals surface area contributed by atoms with Crippen molar-refractivity contribution in [3.63, 3.8) is 0 Å². The molecular formula is C25H21F2N3O6. The highest BCUT2D eigenvalue weighted by Crippen LogP contribution is 2.46. The number of carbonyl (C=O) groups is 2. The third kappa shape index (κ3) is 3.96. The quantitative estimate of drug-likeness (QED) is 0.410. The van der Waals surface area contributed by atoms with E-state index in [1.165, 1.54) is 16.8 Å². The molecule has 1 N–H and O–H groups in total. The second kappa shape index (κ2) is 9.40. The van der Waals surface area contributed by atoms with E-state index in [4.69, 9.17) is 9.84 Å². The highest BCUT2D eigenvalue weighted by atomic mass is 19.2. The summed E-state index contributed by atoms with van der Waals surface area (Å²) >= 11 is 0. The molecule has 3 aromatic rings. The molecule has 1 aromatic heterocycles. The number of rotatable bonds is 6. The van der Waals surface area contributed by atoms with Crippen LogP contribution in [0.25, 0.3) is 0 Å². The minimum absolute atomic E-state index is 0.0792. The summed E-state index contributed by atoms with van der Waals surface area (Å²) in [6.45, 7) is -0.426. The number of amides is 1. The molecule has 36 heavy (non-hydrogen) atoms. The van der Waals surface area contributed by atoms with E-state index in [1.807, 2.05) is 0 Å². The second-order valence-corrected chi connectivity index (χ2v) is 8.53. The van der Waals surface area contributed by atoms with E-state index in [-0.39, 0.29) is 11.3 Å². The summed E-state index contributed by atoms with van der Waals surface area (Å²) in [5.41, 5.74) is -0.197. The maximum Gasteiger partial charge on any atom is 0.508 e. The Labute approximate surface area is 203 Å². The zero-order valence-electron chi connectivity index (χ0n) is 18.8. The van der Waals surface area contributed by atoms with Crippen molar-refractivity contribution in [2.24, 2.45) is 0 Å². The van der Waals surface area contributed by atoms with E-state index in [2.05, 4.69) is 9.84 Å². The van der Waals surface area contributed by atoms with Gasteiger partial charge in [0.05, 0.1) is 18.3 Å². The molecule has 1 fully saturated rings. The molecule has 2 aromatic carbocycles. The number of ether oxygens (including phenoxy) is 2. The minimum atomic E-state index is -1.62. The maximum absolute atomic E-state index is 15.2. The van der Waals surface area contributed by atoms with Crippen molar-refractivity contribution in [1.82, 2.24) is 14.7 Å². The molecule has 1 amide bonds. The summed E-state index contributed by atoms with van der Waals surface area (Å²) in [5.74, 6) is -3.74. The van der Waals surface area contributed by atoms with Gasteiger partial charge in [-0.25, -0.2) is 13.6 Å². The van der Waals surface area contributed by atoms with Crippen LogP contribution in [0, 0.1) is 11.6 Å². The van der Waals surface area contributed by atoms with Crippen LogP contribution >= 0.6 is 0 Å². The SMILES string of the molecule is O=C(O)OCOc1c2n(ncc1=O)[C@@H](C(c1ccccc1)c1cccc(F)c1F)[C@H]1CCCN1C2=O. The van der Waals surface area contributed by atoms with E-state index >= 15 is 4.39 Å². The first-order valence-electron chi connectivity index (χ1n) is 11.3. The van der Waals surface area contributed by atoms with Gasteiger partial charge in [0.1, 0.15) is 0 Å². The number of hydrogen-bond donors (Lipinski definition) is 1. The molecule has 5 rings (SSSR count). The molecule has 2 aliphatic heterocycles. The molecule has 3 atom stereocenters. The van der Waals surface area contributed by atoms with Gasteiger partial charge in [0.2, 0.25) is 18.0 Å². The first-order chi connectivity index (χ1) is 17.4. The van der Waals surface area contributed by atoms with Crippen LogP contribution in [0.15, 0.2) is 59.5 Å². The van der Waals surface area contributed by atoms with Crippen LogP contribution in [0.2, 0.25) is 0 Å². The number of halogens is 2. The molecule has 0 spiro atoms. The van der Waals surface area contributed by atoms with Crippen molar-refractivity contribution in [2.45, 2.75) is 30.8 Å². The lowest BCUT2D eigenvalue weighted by Gasteiger charge is -2.42. The van der Waals surface area contributed by atoms with Gasteiger partial charge in [0, 0.05) is 18.0 Å². The number of nitrogens with zero attached hydrogens (tertiary/aromatic N) is 3. The standard InChI is InChI=1S/C25H21F2N3O6/c26-16-9-4-8-15(20(16)27)19(14-6-2-1-3-7-14)21-17-10-5-11-29(17)24(32)22-23(35-13-36-25(33)34)18(31)12-28-30(21)22/h1-4,6-9,12,17,19,21H,5,10-11,13H2,(H,33,34)/t17-,19?,21-/m1/s1. The van der Waals surface area contributed by atoms with Gasteiger partial charge in [0.15, 0.2) is 17.3 Å². The Kier molecular flexibility index (Phi) is 6.13. The van der Waals surface area contributed by atoms with Gasteiger partial charge in [-0.3, -0.25) is 14.3 Å². The minimum Gasteiger partial charge on any atom is -0.451 e. The average Bonchev–Trinajstić information content (AvgIpc) is 3.35. The van der Waals surface area contributed by atoms with E-state index < -0.39 is 59.7 Å². The molecule has 1 saturated heterocycles. The highest BCUT2D eigenvalue weighted by Gasteiger charge is 2.48. The van der Waals surface area contributed by atoms with E-state index in [0.717, 1.165) is 12.3 Å². The third-order valence-corrected chi connectivity index (χ3v) is 6.61. The van der Waals surface area contributed by atoms with Crippen LogP contribution < -0.4 is 10.2 Å². The fourth-order valence-corrected chi connectivity index (χ4v) is 5.20. The molecule has 186 valence electrons. The van der Waals surface area contributed by atoms with Crippen molar-refractivity contribution in [1.29, 1.82) is 0 Å². The second-order valence-electron chi connectivity index (χ2n) is 8.53. The van der Waals surface area contributed by atoms with Crippen LogP contribution in [0.4, 0.5) is 13.6 Å². The summed E-state index contributed by atoms with van der Waals surface area (Å²) in [6.07, 6.45) is 0.584. The molecule has 3 heterocycles. The number of carboxylic acid groups (broad SMARTS) is 1. The third-order valence-electron chi connectivity index (χ3n) is 6.61. The fourth-order valence-electron chi connectivity index (χ4n) is 5.20. The van der Waals surface area contributed by atoms with Crippen LogP contribution in [-0.2, 0) is 4.74 Å². The van der Waals surface area contributed by atoms with E-state index in [0.29, 0.717) is 24.9 Å². The Morgan fingerprint density at radius 3 is 2.67 bits per heavy atom. The normalized spacial score (nSPS) is 19.4. The molecule has 0 saturated carbocycles. The summed E-state index contributed by atoms with van der Waals surface area (Å²) in [7, 11) is 0. The van der Waals surface area contributed by atoms with E-state index in [1.54, 1.807) is 35.2 Å². The summed E-state index contributed by atoms with van der Waals surface area (Å²) in [5, 5.41) is 13.0. The Bertz CT molecular complexity index is 1380. The molecule has 9 nitrogen and oxygen atoms in total.